The topological polar surface area (TPSA) is 79.9 Å². The molecule has 0 radical (unpaired) electrons. The predicted octanol–water partition coefficient (Wildman–Crippen LogP) is 0.739. The fourth-order valence-electron chi connectivity index (χ4n) is 2.66. The van der Waals surface area contributed by atoms with E-state index in [1.165, 1.54) is 0 Å². The van der Waals surface area contributed by atoms with Gasteiger partial charge in [-0.15, -0.1) is 0 Å². The molecule has 0 saturated carbocycles. The average molecular weight is 354 g/mol. The number of hydrogen-bond acceptors (Lipinski definition) is 5. The SMILES string of the molecule is O=C(Nc1ccc(C(=O)N2CCOCC2)c(Cl)c1)[C@H]1CNCCO1. The second-order valence-electron chi connectivity index (χ2n) is 5.65. The van der Waals surface area contributed by atoms with Crippen LogP contribution in [0.15, 0.2) is 18.2 Å². The van der Waals surface area contributed by atoms with E-state index in [-0.39, 0.29) is 11.8 Å². The van der Waals surface area contributed by atoms with E-state index in [0.717, 1.165) is 6.54 Å². The molecular weight excluding hydrogens is 334 g/mol. The van der Waals surface area contributed by atoms with Crippen LogP contribution in [0, 0.1) is 0 Å². The van der Waals surface area contributed by atoms with Gasteiger partial charge < -0.3 is 25.0 Å². The van der Waals surface area contributed by atoms with Gasteiger partial charge in [0.1, 0.15) is 6.10 Å². The minimum absolute atomic E-state index is 0.124. The second kappa shape index (κ2) is 7.94. The molecule has 2 aliphatic rings. The first-order chi connectivity index (χ1) is 11.6. The van der Waals surface area contributed by atoms with E-state index >= 15 is 0 Å². The number of nitrogens with zero attached hydrogens (tertiary/aromatic N) is 1. The number of carbonyl (C=O) groups excluding carboxylic acids is 2. The molecule has 2 N–H and O–H groups in total. The number of hydrogen-bond donors (Lipinski definition) is 2. The first kappa shape index (κ1) is 17.2. The summed E-state index contributed by atoms with van der Waals surface area (Å²) in [5.74, 6) is -0.355. The molecule has 130 valence electrons. The van der Waals surface area contributed by atoms with Gasteiger partial charge in [-0.3, -0.25) is 9.59 Å². The van der Waals surface area contributed by atoms with Crippen LogP contribution in [0.2, 0.25) is 5.02 Å². The highest BCUT2D eigenvalue weighted by Crippen LogP contribution is 2.23. The second-order valence-corrected chi connectivity index (χ2v) is 6.06. The third kappa shape index (κ3) is 4.05. The van der Waals surface area contributed by atoms with Crippen molar-refractivity contribution in [3.05, 3.63) is 28.8 Å². The third-order valence-electron chi connectivity index (χ3n) is 3.99. The Balaban J connectivity index is 1.65. The molecule has 1 atom stereocenters. The number of amides is 2. The molecule has 2 fully saturated rings. The lowest BCUT2D eigenvalue weighted by atomic mass is 10.1. The van der Waals surface area contributed by atoms with Gasteiger partial charge in [-0.2, -0.15) is 0 Å². The lowest BCUT2D eigenvalue weighted by molar-refractivity contribution is -0.128. The lowest BCUT2D eigenvalue weighted by Crippen LogP contribution is -2.45. The van der Waals surface area contributed by atoms with Crippen molar-refractivity contribution in [2.75, 3.05) is 51.3 Å². The molecule has 0 spiro atoms. The van der Waals surface area contributed by atoms with Crippen molar-refractivity contribution >= 4 is 29.1 Å². The van der Waals surface area contributed by atoms with Gasteiger partial charge in [-0.05, 0) is 18.2 Å². The van der Waals surface area contributed by atoms with Gasteiger partial charge in [0.15, 0.2) is 0 Å². The zero-order chi connectivity index (χ0) is 16.9. The number of ether oxygens (including phenoxy) is 2. The maximum atomic E-state index is 12.5. The molecule has 2 heterocycles. The van der Waals surface area contributed by atoms with Crippen molar-refractivity contribution in [2.45, 2.75) is 6.10 Å². The van der Waals surface area contributed by atoms with Gasteiger partial charge in [0, 0.05) is 31.9 Å². The van der Waals surface area contributed by atoms with Gasteiger partial charge in [-0.25, -0.2) is 0 Å². The lowest BCUT2D eigenvalue weighted by Gasteiger charge is -2.27. The van der Waals surface area contributed by atoms with Crippen molar-refractivity contribution in [3.63, 3.8) is 0 Å². The van der Waals surface area contributed by atoms with Crippen LogP contribution in [-0.4, -0.2) is 68.8 Å². The molecule has 3 rings (SSSR count). The van der Waals surface area contributed by atoms with Crippen molar-refractivity contribution in [3.8, 4) is 0 Å². The van der Waals surface area contributed by atoms with Crippen LogP contribution in [0.25, 0.3) is 0 Å². The maximum absolute atomic E-state index is 12.5. The van der Waals surface area contributed by atoms with Crippen LogP contribution in [0.4, 0.5) is 5.69 Å². The van der Waals surface area contributed by atoms with Crippen LogP contribution in [0.1, 0.15) is 10.4 Å². The number of anilines is 1. The fourth-order valence-corrected chi connectivity index (χ4v) is 2.92. The highest BCUT2D eigenvalue weighted by atomic mass is 35.5. The Morgan fingerprint density at radius 3 is 2.71 bits per heavy atom. The van der Waals surface area contributed by atoms with E-state index in [1.54, 1.807) is 23.1 Å². The normalized spacial score (nSPS) is 21.4. The van der Waals surface area contributed by atoms with Gasteiger partial charge >= 0.3 is 0 Å². The molecule has 2 aliphatic heterocycles. The summed E-state index contributed by atoms with van der Waals surface area (Å²) in [7, 11) is 0. The molecule has 1 aromatic rings. The summed E-state index contributed by atoms with van der Waals surface area (Å²) in [5.41, 5.74) is 0.963. The Hall–Kier alpha value is -1.67. The molecule has 0 aliphatic carbocycles. The number of halogens is 1. The first-order valence-electron chi connectivity index (χ1n) is 7.95. The number of benzene rings is 1. The Kier molecular flexibility index (Phi) is 5.68. The summed E-state index contributed by atoms with van der Waals surface area (Å²) in [6.45, 7) is 3.91. The van der Waals surface area contributed by atoms with E-state index in [1.807, 2.05) is 0 Å². The number of rotatable bonds is 3. The molecule has 0 bridgehead atoms. The molecular formula is C16H20ClN3O4. The van der Waals surface area contributed by atoms with Crippen molar-refractivity contribution < 1.29 is 19.1 Å². The fraction of sp³-hybridized carbons (Fsp3) is 0.500. The van der Waals surface area contributed by atoms with E-state index < -0.39 is 6.10 Å². The Morgan fingerprint density at radius 1 is 1.25 bits per heavy atom. The molecule has 2 saturated heterocycles. The van der Waals surface area contributed by atoms with Crippen molar-refractivity contribution in [2.24, 2.45) is 0 Å². The minimum atomic E-state index is -0.521. The summed E-state index contributed by atoms with van der Waals surface area (Å²) < 4.78 is 10.6. The number of carbonyl (C=O) groups is 2. The van der Waals surface area contributed by atoms with Gasteiger partial charge in [0.25, 0.3) is 11.8 Å². The van der Waals surface area contributed by atoms with E-state index in [2.05, 4.69) is 10.6 Å². The molecule has 1 aromatic carbocycles. The number of morpholine rings is 2. The van der Waals surface area contributed by atoms with Crippen molar-refractivity contribution in [1.82, 2.24) is 10.2 Å². The minimum Gasteiger partial charge on any atom is -0.378 e. The van der Waals surface area contributed by atoms with Gasteiger partial charge in [0.05, 0.1) is 30.4 Å². The summed E-state index contributed by atoms with van der Waals surface area (Å²) >= 11 is 6.24. The van der Waals surface area contributed by atoms with Gasteiger partial charge in [-0.1, -0.05) is 11.6 Å². The third-order valence-corrected chi connectivity index (χ3v) is 4.30. The maximum Gasteiger partial charge on any atom is 0.255 e. The molecule has 0 unspecified atom stereocenters. The van der Waals surface area contributed by atoms with Crippen LogP contribution >= 0.6 is 11.6 Å². The molecule has 24 heavy (non-hydrogen) atoms. The summed E-state index contributed by atoms with van der Waals surface area (Å²) in [4.78, 5) is 26.3. The highest BCUT2D eigenvalue weighted by Gasteiger charge is 2.23. The summed E-state index contributed by atoms with van der Waals surface area (Å²) in [6.07, 6.45) is -0.521. The van der Waals surface area contributed by atoms with Crippen LogP contribution in [-0.2, 0) is 14.3 Å². The monoisotopic (exact) mass is 353 g/mol. The smallest absolute Gasteiger partial charge is 0.255 e. The van der Waals surface area contributed by atoms with Crippen molar-refractivity contribution in [1.29, 1.82) is 0 Å². The van der Waals surface area contributed by atoms with E-state index in [9.17, 15) is 9.59 Å². The van der Waals surface area contributed by atoms with E-state index in [0.29, 0.717) is 55.7 Å². The van der Waals surface area contributed by atoms with Crippen LogP contribution in [0.3, 0.4) is 0 Å². The Bertz CT molecular complexity index is 613. The van der Waals surface area contributed by atoms with Crippen LogP contribution < -0.4 is 10.6 Å². The molecule has 7 nitrogen and oxygen atoms in total. The zero-order valence-electron chi connectivity index (χ0n) is 13.2. The standard InChI is InChI=1S/C16H20ClN3O4/c17-13-9-11(19-15(21)14-10-18-3-6-24-14)1-2-12(13)16(22)20-4-7-23-8-5-20/h1-2,9,14,18H,3-8,10H2,(H,19,21)/t14-/m1/s1. The molecule has 2 amide bonds. The summed E-state index contributed by atoms with van der Waals surface area (Å²) in [5, 5.41) is 6.18. The quantitative estimate of drug-likeness (QED) is 0.838. The number of nitrogens with one attached hydrogen (secondary N) is 2. The highest BCUT2D eigenvalue weighted by molar-refractivity contribution is 6.34. The largest absolute Gasteiger partial charge is 0.378 e. The Labute approximate surface area is 145 Å². The van der Waals surface area contributed by atoms with Crippen LogP contribution in [0.5, 0.6) is 0 Å². The zero-order valence-corrected chi connectivity index (χ0v) is 14.0. The van der Waals surface area contributed by atoms with Gasteiger partial charge in [0.2, 0.25) is 0 Å². The molecule has 0 aromatic heterocycles. The average Bonchev–Trinajstić information content (AvgIpc) is 2.63. The summed E-state index contributed by atoms with van der Waals surface area (Å²) in [6, 6.07) is 4.90. The molecule has 8 heteroatoms. The Morgan fingerprint density at radius 2 is 2.04 bits per heavy atom. The predicted molar refractivity (Wildman–Crippen MR) is 89.4 cm³/mol. The first-order valence-corrected chi connectivity index (χ1v) is 8.33. The van der Waals surface area contributed by atoms with E-state index in [4.69, 9.17) is 21.1 Å².